The van der Waals surface area contributed by atoms with Gasteiger partial charge in [-0.2, -0.15) is 0 Å². The minimum atomic E-state index is -0.200. The number of benzene rings is 2. The number of hydrogen-bond donors (Lipinski definition) is 1. The first-order valence-corrected chi connectivity index (χ1v) is 8.43. The zero-order chi connectivity index (χ0) is 18.8. The molecule has 2 rings (SSSR count). The fraction of sp³-hybridized carbons (Fsp3) is 0.227. The van der Waals surface area contributed by atoms with Crippen LogP contribution in [0.1, 0.15) is 25.0 Å². The quantitative estimate of drug-likeness (QED) is 0.639. The maximum absolute atomic E-state index is 11.9. The van der Waals surface area contributed by atoms with Gasteiger partial charge in [-0.15, -0.1) is 0 Å². The molecule has 0 atom stereocenters. The zero-order valence-electron chi connectivity index (χ0n) is 15.3. The van der Waals surface area contributed by atoms with Crippen LogP contribution in [0.25, 0.3) is 6.08 Å². The Kier molecular flexibility index (Phi) is 7.32. The third-order valence-corrected chi connectivity index (χ3v) is 3.34. The zero-order valence-corrected chi connectivity index (χ0v) is 15.3. The predicted octanol–water partition coefficient (Wildman–Crippen LogP) is 3.66. The van der Waals surface area contributed by atoms with Crippen molar-refractivity contribution in [3.63, 3.8) is 0 Å². The van der Waals surface area contributed by atoms with Crippen LogP contribution in [-0.2, 0) is 4.79 Å². The molecule has 0 unspecified atom stereocenters. The first-order valence-electron chi connectivity index (χ1n) is 8.43. The van der Waals surface area contributed by atoms with Crippen molar-refractivity contribution in [3.8, 4) is 23.3 Å². The first kappa shape index (κ1) is 19.1. The van der Waals surface area contributed by atoms with Crippen molar-refractivity contribution >= 4 is 12.0 Å². The Bertz CT molecular complexity index is 814. The Morgan fingerprint density at radius 2 is 1.92 bits per heavy atom. The number of methoxy groups -OCH3 is 1. The lowest BCUT2D eigenvalue weighted by Crippen LogP contribution is -2.20. The summed E-state index contributed by atoms with van der Waals surface area (Å²) in [6.07, 6.45) is 3.26. The van der Waals surface area contributed by atoms with Crippen LogP contribution in [0.4, 0.5) is 0 Å². The van der Waals surface area contributed by atoms with Crippen molar-refractivity contribution < 1.29 is 14.3 Å². The summed E-state index contributed by atoms with van der Waals surface area (Å²) < 4.78 is 11.0. The highest BCUT2D eigenvalue weighted by molar-refractivity contribution is 5.91. The molecule has 0 saturated carbocycles. The molecule has 2 aromatic rings. The molecule has 0 aliphatic carbocycles. The van der Waals surface area contributed by atoms with Gasteiger partial charge in [0.15, 0.2) is 11.5 Å². The van der Waals surface area contributed by atoms with E-state index in [0.717, 1.165) is 11.1 Å². The highest BCUT2D eigenvalue weighted by Crippen LogP contribution is 2.29. The number of carbonyl (C=O) groups excluding carboxylic acids is 1. The molecule has 0 bridgehead atoms. The van der Waals surface area contributed by atoms with Crippen molar-refractivity contribution in [2.45, 2.75) is 20.0 Å². The lowest BCUT2D eigenvalue weighted by atomic mass is 10.2. The second-order valence-corrected chi connectivity index (χ2v) is 5.80. The van der Waals surface area contributed by atoms with Crippen LogP contribution in [0.15, 0.2) is 54.6 Å². The smallest absolute Gasteiger partial charge is 0.244 e. The van der Waals surface area contributed by atoms with Gasteiger partial charge >= 0.3 is 0 Å². The fourth-order valence-corrected chi connectivity index (χ4v) is 2.17. The summed E-state index contributed by atoms with van der Waals surface area (Å²) in [5, 5.41) is 2.73. The van der Waals surface area contributed by atoms with Crippen molar-refractivity contribution in [1.82, 2.24) is 5.32 Å². The van der Waals surface area contributed by atoms with Crippen LogP contribution in [0.2, 0.25) is 0 Å². The molecule has 4 nitrogen and oxygen atoms in total. The first-order chi connectivity index (χ1) is 12.6. The van der Waals surface area contributed by atoms with Gasteiger partial charge in [0.25, 0.3) is 0 Å². The monoisotopic (exact) mass is 349 g/mol. The third kappa shape index (κ3) is 6.37. The largest absolute Gasteiger partial charge is 0.493 e. The van der Waals surface area contributed by atoms with E-state index in [1.807, 2.05) is 62.4 Å². The molecule has 0 spiro atoms. The molecule has 0 aromatic heterocycles. The van der Waals surface area contributed by atoms with E-state index in [1.54, 1.807) is 13.2 Å². The SMILES string of the molecule is COc1cc(/C=C/C(=O)NCC#Cc2ccccc2)ccc1OC(C)C. The van der Waals surface area contributed by atoms with Crippen molar-refractivity contribution in [2.24, 2.45) is 0 Å². The molecule has 2 aromatic carbocycles. The average molecular weight is 349 g/mol. The topological polar surface area (TPSA) is 47.6 Å². The molecule has 0 radical (unpaired) electrons. The summed E-state index contributed by atoms with van der Waals surface area (Å²) in [6.45, 7) is 4.21. The molecular formula is C22H23NO3. The highest BCUT2D eigenvalue weighted by atomic mass is 16.5. The van der Waals surface area contributed by atoms with Gasteiger partial charge in [0.2, 0.25) is 5.91 Å². The van der Waals surface area contributed by atoms with E-state index in [0.29, 0.717) is 18.0 Å². The third-order valence-electron chi connectivity index (χ3n) is 3.34. The van der Waals surface area contributed by atoms with E-state index in [9.17, 15) is 4.79 Å². The van der Waals surface area contributed by atoms with Crippen molar-refractivity contribution in [3.05, 3.63) is 65.7 Å². The van der Waals surface area contributed by atoms with E-state index < -0.39 is 0 Å². The van der Waals surface area contributed by atoms with Crippen LogP contribution in [0, 0.1) is 11.8 Å². The van der Waals surface area contributed by atoms with Gasteiger partial charge in [-0.25, -0.2) is 0 Å². The van der Waals surface area contributed by atoms with E-state index in [1.165, 1.54) is 6.08 Å². The maximum Gasteiger partial charge on any atom is 0.244 e. The van der Waals surface area contributed by atoms with Gasteiger partial charge in [0.05, 0.1) is 19.8 Å². The molecule has 0 fully saturated rings. The standard InChI is InChI=1S/C22H23NO3/c1-17(2)26-20-13-11-19(16-21(20)25-3)12-14-22(24)23-15-7-10-18-8-5-4-6-9-18/h4-6,8-9,11-14,16-17H,15H2,1-3H3,(H,23,24)/b14-12+. The van der Waals surface area contributed by atoms with E-state index in [-0.39, 0.29) is 12.0 Å². The summed E-state index contributed by atoms with van der Waals surface area (Å²) in [5.74, 6) is 7.03. The van der Waals surface area contributed by atoms with Crippen molar-refractivity contribution in [2.75, 3.05) is 13.7 Å². The minimum Gasteiger partial charge on any atom is -0.493 e. The van der Waals surface area contributed by atoms with Crippen LogP contribution >= 0.6 is 0 Å². The molecule has 134 valence electrons. The normalized spacial score (nSPS) is 10.3. The van der Waals surface area contributed by atoms with Gasteiger partial charge in [-0.05, 0) is 49.8 Å². The molecule has 1 amide bonds. The molecule has 0 aliphatic rings. The van der Waals surface area contributed by atoms with Gasteiger partial charge in [0.1, 0.15) is 0 Å². The highest BCUT2D eigenvalue weighted by Gasteiger charge is 2.06. The molecule has 1 N–H and O–H groups in total. The van der Waals surface area contributed by atoms with Gasteiger partial charge in [-0.3, -0.25) is 4.79 Å². The van der Waals surface area contributed by atoms with Crippen LogP contribution in [0.3, 0.4) is 0 Å². The Balaban J connectivity index is 1.90. The van der Waals surface area contributed by atoms with E-state index in [4.69, 9.17) is 9.47 Å². The van der Waals surface area contributed by atoms with Gasteiger partial charge in [0, 0.05) is 11.6 Å². The number of amides is 1. The summed E-state index contributed by atoms with van der Waals surface area (Å²) in [4.78, 5) is 11.9. The van der Waals surface area contributed by atoms with Gasteiger partial charge < -0.3 is 14.8 Å². The summed E-state index contributed by atoms with van der Waals surface area (Å²) in [5.41, 5.74) is 1.77. The molecule has 0 heterocycles. The van der Waals surface area contributed by atoms with Crippen LogP contribution in [0.5, 0.6) is 11.5 Å². The summed E-state index contributed by atoms with van der Waals surface area (Å²) in [6, 6.07) is 15.2. The predicted molar refractivity (Wildman–Crippen MR) is 104 cm³/mol. The molecular weight excluding hydrogens is 326 g/mol. The number of carbonyl (C=O) groups is 1. The lowest BCUT2D eigenvalue weighted by molar-refractivity contribution is -0.116. The molecule has 0 aliphatic heterocycles. The Labute approximate surface area is 154 Å². The summed E-state index contributed by atoms with van der Waals surface area (Å²) >= 11 is 0. The molecule has 0 saturated heterocycles. The van der Waals surface area contributed by atoms with Crippen LogP contribution < -0.4 is 14.8 Å². The minimum absolute atomic E-state index is 0.0630. The van der Waals surface area contributed by atoms with Gasteiger partial charge in [-0.1, -0.05) is 36.1 Å². The lowest BCUT2D eigenvalue weighted by Gasteiger charge is -2.13. The Morgan fingerprint density at radius 3 is 2.62 bits per heavy atom. The average Bonchev–Trinajstić information content (AvgIpc) is 2.65. The Hall–Kier alpha value is -3.19. The summed E-state index contributed by atoms with van der Waals surface area (Å²) in [7, 11) is 1.59. The second-order valence-electron chi connectivity index (χ2n) is 5.80. The number of rotatable bonds is 6. The van der Waals surface area contributed by atoms with Crippen molar-refractivity contribution in [1.29, 1.82) is 0 Å². The van der Waals surface area contributed by atoms with E-state index >= 15 is 0 Å². The fourth-order valence-electron chi connectivity index (χ4n) is 2.17. The van der Waals surface area contributed by atoms with E-state index in [2.05, 4.69) is 17.2 Å². The maximum atomic E-state index is 11.9. The van der Waals surface area contributed by atoms with Crippen LogP contribution in [-0.4, -0.2) is 25.7 Å². The molecule has 26 heavy (non-hydrogen) atoms. The number of hydrogen-bond acceptors (Lipinski definition) is 3. The Morgan fingerprint density at radius 1 is 1.15 bits per heavy atom. The number of ether oxygens (including phenoxy) is 2. The molecule has 4 heteroatoms. The second kappa shape index (κ2) is 9.95. The number of nitrogens with one attached hydrogen (secondary N) is 1.